The number of piperidine rings is 1. The number of ether oxygens (including phenoxy) is 2. The van der Waals surface area contributed by atoms with Crippen molar-refractivity contribution in [2.45, 2.75) is 50.5 Å². The number of amides is 1. The number of esters is 2. The molecular weight excluding hydrogens is 334 g/mol. The van der Waals surface area contributed by atoms with Gasteiger partial charge in [-0.3, -0.25) is 9.59 Å². The number of carbonyl (C=O) groups excluding carboxylic acids is 3. The number of hydrogen-bond donors (Lipinski definition) is 0. The highest BCUT2D eigenvalue weighted by Crippen LogP contribution is 2.49. The van der Waals surface area contributed by atoms with Crippen molar-refractivity contribution in [1.29, 1.82) is 0 Å². The second kappa shape index (κ2) is 7.89. The summed E-state index contributed by atoms with van der Waals surface area (Å²) in [6.07, 6.45) is 3.78. The summed E-state index contributed by atoms with van der Waals surface area (Å²) >= 11 is 0. The van der Waals surface area contributed by atoms with Crippen LogP contribution in [0.3, 0.4) is 0 Å². The van der Waals surface area contributed by atoms with E-state index >= 15 is 0 Å². The summed E-state index contributed by atoms with van der Waals surface area (Å²) in [5.41, 5.74) is 0.323. The maximum Gasteiger partial charge on any atom is 0.328 e. The Bertz CT molecular complexity index is 668. The molecule has 1 aliphatic carbocycles. The molecule has 26 heavy (non-hydrogen) atoms. The Morgan fingerprint density at radius 2 is 1.85 bits per heavy atom. The molecule has 0 radical (unpaired) electrons. The number of nitrogens with zero attached hydrogens (tertiary/aromatic N) is 1. The quantitative estimate of drug-likeness (QED) is 0.728. The van der Waals surface area contributed by atoms with Gasteiger partial charge in [0.2, 0.25) is 0 Å². The molecule has 1 heterocycles. The van der Waals surface area contributed by atoms with Crippen LogP contribution in [0, 0.1) is 0 Å². The zero-order chi connectivity index (χ0) is 18.6. The first-order valence-electron chi connectivity index (χ1n) is 9.27. The molecule has 0 spiro atoms. The van der Waals surface area contributed by atoms with Crippen LogP contribution in [0.5, 0.6) is 0 Å². The Morgan fingerprint density at radius 3 is 2.50 bits per heavy atom. The fourth-order valence-electron chi connectivity index (χ4n) is 3.55. The van der Waals surface area contributed by atoms with E-state index in [4.69, 9.17) is 9.47 Å². The van der Waals surface area contributed by atoms with Crippen LogP contribution in [0.1, 0.15) is 44.6 Å². The molecule has 1 aromatic rings. The van der Waals surface area contributed by atoms with E-state index in [0.717, 1.165) is 31.2 Å². The average Bonchev–Trinajstić information content (AvgIpc) is 3.49. The average molecular weight is 359 g/mol. The van der Waals surface area contributed by atoms with Gasteiger partial charge in [-0.25, -0.2) is 4.79 Å². The molecule has 1 aliphatic heterocycles. The fraction of sp³-hybridized carbons (Fsp3) is 0.550. The van der Waals surface area contributed by atoms with Gasteiger partial charge in [0.25, 0.3) is 5.91 Å². The summed E-state index contributed by atoms with van der Waals surface area (Å²) in [5, 5.41) is 0. The van der Waals surface area contributed by atoms with Gasteiger partial charge >= 0.3 is 11.9 Å². The van der Waals surface area contributed by atoms with E-state index in [2.05, 4.69) is 0 Å². The largest absolute Gasteiger partial charge is 0.464 e. The molecule has 6 nitrogen and oxygen atoms in total. The Kier molecular flexibility index (Phi) is 5.59. The van der Waals surface area contributed by atoms with Crippen molar-refractivity contribution in [2.75, 3.05) is 19.8 Å². The number of rotatable bonds is 6. The topological polar surface area (TPSA) is 72.9 Å². The SMILES string of the molecule is CCOC(=O)C1CCCCN1C(=O)COC(=O)C1(c2ccccc2)CC1. The van der Waals surface area contributed by atoms with E-state index < -0.39 is 11.5 Å². The molecule has 1 saturated heterocycles. The number of carbonyl (C=O) groups is 3. The molecule has 0 bridgehead atoms. The zero-order valence-corrected chi connectivity index (χ0v) is 15.1. The van der Waals surface area contributed by atoms with E-state index in [9.17, 15) is 14.4 Å². The highest BCUT2D eigenvalue weighted by atomic mass is 16.5. The van der Waals surface area contributed by atoms with E-state index in [1.54, 1.807) is 6.92 Å². The minimum Gasteiger partial charge on any atom is -0.464 e. The smallest absolute Gasteiger partial charge is 0.328 e. The molecule has 1 aromatic carbocycles. The lowest BCUT2D eigenvalue weighted by Crippen LogP contribution is -2.50. The lowest BCUT2D eigenvalue weighted by molar-refractivity contribution is -0.161. The molecule has 0 aromatic heterocycles. The van der Waals surface area contributed by atoms with E-state index in [1.807, 2.05) is 30.3 Å². The van der Waals surface area contributed by atoms with Crippen molar-refractivity contribution < 1.29 is 23.9 Å². The summed E-state index contributed by atoms with van der Waals surface area (Å²) in [5.74, 6) is -1.07. The predicted molar refractivity (Wildman–Crippen MR) is 94.3 cm³/mol. The van der Waals surface area contributed by atoms with Gasteiger partial charge < -0.3 is 14.4 Å². The molecule has 1 amide bonds. The van der Waals surface area contributed by atoms with Crippen molar-refractivity contribution in [3.8, 4) is 0 Å². The number of benzene rings is 1. The van der Waals surface area contributed by atoms with Crippen molar-refractivity contribution in [3.63, 3.8) is 0 Å². The summed E-state index contributed by atoms with van der Waals surface area (Å²) in [6, 6.07) is 8.95. The second-order valence-electron chi connectivity index (χ2n) is 6.88. The third-order valence-corrected chi connectivity index (χ3v) is 5.18. The van der Waals surface area contributed by atoms with Gasteiger partial charge in [0.05, 0.1) is 12.0 Å². The van der Waals surface area contributed by atoms with E-state index in [0.29, 0.717) is 13.0 Å². The molecule has 0 N–H and O–H groups in total. The first-order valence-corrected chi connectivity index (χ1v) is 9.27. The number of hydrogen-bond acceptors (Lipinski definition) is 5. The van der Waals surface area contributed by atoms with E-state index in [-0.39, 0.29) is 31.1 Å². The Balaban J connectivity index is 1.59. The molecular formula is C20H25NO5. The highest BCUT2D eigenvalue weighted by Gasteiger charge is 2.53. The van der Waals surface area contributed by atoms with Gasteiger partial charge in [-0.15, -0.1) is 0 Å². The summed E-state index contributed by atoms with van der Waals surface area (Å²) in [7, 11) is 0. The fourth-order valence-corrected chi connectivity index (χ4v) is 3.55. The summed E-state index contributed by atoms with van der Waals surface area (Å²) < 4.78 is 10.4. The minimum atomic E-state index is -0.607. The van der Waals surface area contributed by atoms with Gasteiger partial charge in [0, 0.05) is 6.54 Å². The van der Waals surface area contributed by atoms with Crippen LogP contribution in [0.15, 0.2) is 30.3 Å². The van der Waals surface area contributed by atoms with Crippen molar-refractivity contribution in [3.05, 3.63) is 35.9 Å². The normalized spacial score (nSPS) is 21.0. The van der Waals surface area contributed by atoms with Crippen LogP contribution < -0.4 is 0 Å². The summed E-state index contributed by atoms with van der Waals surface area (Å²) in [6.45, 7) is 2.19. The monoisotopic (exact) mass is 359 g/mol. The number of likely N-dealkylation sites (tertiary alicyclic amines) is 1. The maximum absolute atomic E-state index is 12.5. The predicted octanol–water partition coefficient (Wildman–Crippen LogP) is 2.21. The van der Waals surface area contributed by atoms with Crippen LogP contribution in [0.25, 0.3) is 0 Å². The minimum absolute atomic E-state index is 0.284. The lowest BCUT2D eigenvalue weighted by atomic mass is 9.96. The third-order valence-electron chi connectivity index (χ3n) is 5.18. The molecule has 1 unspecified atom stereocenters. The van der Waals surface area contributed by atoms with E-state index in [1.165, 1.54) is 4.90 Å². The third kappa shape index (κ3) is 3.74. The molecule has 1 atom stereocenters. The highest BCUT2D eigenvalue weighted by molar-refractivity contribution is 5.90. The second-order valence-corrected chi connectivity index (χ2v) is 6.88. The molecule has 140 valence electrons. The Hall–Kier alpha value is -2.37. The van der Waals surface area contributed by atoms with Crippen molar-refractivity contribution in [2.24, 2.45) is 0 Å². The van der Waals surface area contributed by atoms with Gasteiger partial charge in [-0.05, 0) is 44.6 Å². The zero-order valence-electron chi connectivity index (χ0n) is 15.1. The standard InChI is InChI=1S/C20H25NO5/c1-2-25-18(23)16-10-6-7-13-21(16)17(22)14-26-19(24)20(11-12-20)15-8-4-3-5-9-15/h3-5,8-9,16H,2,6-7,10-14H2,1H3. The molecule has 1 saturated carbocycles. The first kappa shape index (κ1) is 18.4. The van der Waals surface area contributed by atoms with Gasteiger partial charge in [0.15, 0.2) is 6.61 Å². The van der Waals surface area contributed by atoms with Gasteiger partial charge in [-0.1, -0.05) is 30.3 Å². The Morgan fingerprint density at radius 1 is 1.12 bits per heavy atom. The summed E-state index contributed by atoms with van der Waals surface area (Å²) in [4.78, 5) is 38.7. The van der Waals surface area contributed by atoms with Crippen LogP contribution in [0.2, 0.25) is 0 Å². The molecule has 2 aliphatic rings. The lowest BCUT2D eigenvalue weighted by Gasteiger charge is -2.33. The van der Waals surface area contributed by atoms with Crippen LogP contribution in [-0.2, 0) is 29.3 Å². The molecule has 6 heteroatoms. The molecule has 2 fully saturated rings. The van der Waals surface area contributed by atoms with Crippen molar-refractivity contribution in [1.82, 2.24) is 4.90 Å². The van der Waals surface area contributed by atoms with Crippen molar-refractivity contribution >= 4 is 17.8 Å². The van der Waals surface area contributed by atoms with Gasteiger partial charge in [-0.2, -0.15) is 0 Å². The van der Waals surface area contributed by atoms with Crippen LogP contribution >= 0.6 is 0 Å². The van der Waals surface area contributed by atoms with Crippen LogP contribution in [0.4, 0.5) is 0 Å². The van der Waals surface area contributed by atoms with Crippen LogP contribution in [-0.4, -0.2) is 48.5 Å². The first-order chi connectivity index (χ1) is 12.6. The molecule has 3 rings (SSSR count). The Labute approximate surface area is 153 Å². The maximum atomic E-state index is 12.5. The van der Waals surface area contributed by atoms with Gasteiger partial charge in [0.1, 0.15) is 6.04 Å².